The van der Waals surface area contributed by atoms with Crippen LogP contribution in [0.25, 0.3) is 16.8 Å². The maximum Gasteiger partial charge on any atom is 0.273 e. The quantitative estimate of drug-likeness (QED) is 0.537. The van der Waals surface area contributed by atoms with Gasteiger partial charge in [-0.05, 0) is 36.8 Å². The number of amides is 1. The van der Waals surface area contributed by atoms with Gasteiger partial charge in [0.2, 0.25) is 0 Å². The molecule has 4 aromatic rings. The summed E-state index contributed by atoms with van der Waals surface area (Å²) < 4.78 is 1.78. The molecule has 28 heavy (non-hydrogen) atoms. The Morgan fingerprint density at radius 1 is 1.29 bits per heavy atom. The highest BCUT2D eigenvalue weighted by molar-refractivity contribution is 5.95. The Morgan fingerprint density at radius 3 is 2.89 bits per heavy atom. The second-order valence-electron chi connectivity index (χ2n) is 6.45. The molecule has 0 saturated carbocycles. The lowest BCUT2D eigenvalue weighted by atomic mass is 10.1. The summed E-state index contributed by atoms with van der Waals surface area (Å²) in [5.74, 6) is -0.194. The van der Waals surface area contributed by atoms with Crippen LogP contribution in [0.4, 0.5) is 0 Å². The molecular weight excluding hydrogens is 356 g/mol. The summed E-state index contributed by atoms with van der Waals surface area (Å²) in [7, 11) is 0. The third-order valence-corrected chi connectivity index (χ3v) is 4.57. The van der Waals surface area contributed by atoms with Gasteiger partial charge in [-0.2, -0.15) is 5.10 Å². The number of aliphatic hydroxyl groups excluding tert-OH is 1. The van der Waals surface area contributed by atoms with Crippen molar-refractivity contribution in [2.45, 2.75) is 13.5 Å². The number of carbonyl (C=O) groups excluding carboxylic acids is 1. The minimum absolute atomic E-state index is 0.126. The number of aliphatic hydroxyl groups is 1. The van der Waals surface area contributed by atoms with Crippen LogP contribution in [0.1, 0.15) is 21.9 Å². The highest BCUT2D eigenvalue weighted by Crippen LogP contribution is 2.22. The second kappa shape index (κ2) is 7.61. The number of H-pyrrole nitrogens is 1. The van der Waals surface area contributed by atoms with E-state index in [1.165, 1.54) is 0 Å². The van der Waals surface area contributed by atoms with Gasteiger partial charge >= 0.3 is 0 Å². The number of hydrogen-bond acceptors (Lipinski definition) is 5. The Kier molecular flexibility index (Phi) is 4.86. The van der Waals surface area contributed by atoms with Crippen LogP contribution in [-0.4, -0.2) is 53.6 Å². The molecule has 4 aromatic heterocycles. The first kappa shape index (κ1) is 17.9. The van der Waals surface area contributed by atoms with E-state index in [-0.39, 0.29) is 19.1 Å². The number of nitrogens with one attached hydrogen (secondary N) is 1. The summed E-state index contributed by atoms with van der Waals surface area (Å²) in [4.78, 5) is 23.7. The fourth-order valence-corrected chi connectivity index (χ4v) is 3.22. The van der Waals surface area contributed by atoms with Gasteiger partial charge in [-0.1, -0.05) is 6.07 Å². The van der Waals surface area contributed by atoms with E-state index in [0.717, 1.165) is 16.8 Å². The Bertz CT molecular complexity index is 1090. The lowest BCUT2D eigenvalue weighted by Crippen LogP contribution is -2.34. The van der Waals surface area contributed by atoms with E-state index in [9.17, 15) is 9.90 Å². The molecule has 0 aliphatic rings. The van der Waals surface area contributed by atoms with Crippen LogP contribution in [-0.2, 0) is 6.54 Å². The molecule has 0 spiro atoms. The highest BCUT2D eigenvalue weighted by atomic mass is 16.3. The normalized spacial score (nSPS) is 11.1. The molecule has 4 rings (SSSR count). The van der Waals surface area contributed by atoms with Crippen molar-refractivity contribution in [1.29, 1.82) is 0 Å². The number of imidazole rings is 1. The van der Waals surface area contributed by atoms with E-state index in [2.05, 4.69) is 20.2 Å². The van der Waals surface area contributed by atoms with Crippen LogP contribution in [0.15, 0.2) is 55.1 Å². The molecule has 0 radical (unpaired) electrons. The van der Waals surface area contributed by atoms with Crippen molar-refractivity contribution in [2.75, 3.05) is 13.2 Å². The summed E-state index contributed by atoms with van der Waals surface area (Å²) in [5.41, 5.74) is 4.48. The van der Waals surface area contributed by atoms with Crippen molar-refractivity contribution < 1.29 is 9.90 Å². The van der Waals surface area contributed by atoms with Gasteiger partial charge in [0.25, 0.3) is 5.91 Å². The molecule has 4 heterocycles. The Balaban J connectivity index is 1.70. The van der Waals surface area contributed by atoms with Crippen LogP contribution in [0.2, 0.25) is 0 Å². The first-order valence-electron chi connectivity index (χ1n) is 8.95. The third kappa shape index (κ3) is 3.37. The maximum absolute atomic E-state index is 13.3. The minimum Gasteiger partial charge on any atom is -0.395 e. The zero-order chi connectivity index (χ0) is 19.5. The van der Waals surface area contributed by atoms with Crippen LogP contribution in [0.5, 0.6) is 0 Å². The molecule has 1 amide bonds. The van der Waals surface area contributed by atoms with Gasteiger partial charge in [-0.25, -0.2) is 4.98 Å². The number of aromatic nitrogens is 5. The number of aryl methyl sites for hydroxylation is 1. The SMILES string of the molecule is Cc1nc2cc(-c3cn[nH]c3)ccn2c1C(=O)N(CCO)Cc1ccccn1. The van der Waals surface area contributed by atoms with Gasteiger partial charge in [0.05, 0.1) is 30.7 Å². The first-order chi connectivity index (χ1) is 13.7. The smallest absolute Gasteiger partial charge is 0.273 e. The molecule has 0 unspecified atom stereocenters. The van der Waals surface area contributed by atoms with E-state index in [0.29, 0.717) is 23.6 Å². The molecule has 142 valence electrons. The molecule has 0 atom stereocenters. The molecule has 0 saturated heterocycles. The summed E-state index contributed by atoms with van der Waals surface area (Å²) in [6.07, 6.45) is 7.07. The van der Waals surface area contributed by atoms with Crippen LogP contribution in [0, 0.1) is 6.92 Å². The number of pyridine rings is 2. The van der Waals surface area contributed by atoms with Crippen molar-refractivity contribution in [3.63, 3.8) is 0 Å². The molecule has 2 N–H and O–H groups in total. The van der Waals surface area contributed by atoms with E-state index >= 15 is 0 Å². The molecule has 0 bridgehead atoms. The zero-order valence-electron chi connectivity index (χ0n) is 15.4. The lowest BCUT2D eigenvalue weighted by molar-refractivity contribution is 0.0697. The monoisotopic (exact) mass is 376 g/mol. The third-order valence-electron chi connectivity index (χ3n) is 4.57. The number of nitrogens with zero attached hydrogens (tertiary/aromatic N) is 5. The fraction of sp³-hybridized carbons (Fsp3) is 0.200. The van der Waals surface area contributed by atoms with Gasteiger partial charge < -0.3 is 10.0 Å². The number of aromatic amines is 1. The zero-order valence-corrected chi connectivity index (χ0v) is 15.4. The second-order valence-corrected chi connectivity index (χ2v) is 6.45. The van der Waals surface area contributed by atoms with Crippen LogP contribution in [0.3, 0.4) is 0 Å². The molecule has 8 heteroatoms. The molecular formula is C20H20N6O2. The molecule has 0 aliphatic heterocycles. The molecule has 0 aliphatic carbocycles. The van der Waals surface area contributed by atoms with Gasteiger partial charge in [-0.15, -0.1) is 0 Å². The first-order valence-corrected chi connectivity index (χ1v) is 8.95. The van der Waals surface area contributed by atoms with Crippen molar-refractivity contribution in [2.24, 2.45) is 0 Å². The average Bonchev–Trinajstić information content (AvgIpc) is 3.34. The van der Waals surface area contributed by atoms with Crippen LogP contribution < -0.4 is 0 Å². The summed E-state index contributed by atoms with van der Waals surface area (Å²) >= 11 is 0. The average molecular weight is 376 g/mol. The highest BCUT2D eigenvalue weighted by Gasteiger charge is 2.23. The van der Waals surface area contributed by atoms with Gasteiger partial charge in [0.1, 0.15) is 11.3 Å². The largest absolute Gasteiger partial charge is 0.395 e. The maximum atomic E-state index is 13.3. The summed E-state index contributed by atoms with van der Waals surface area (Å²) in [6.45, 7) is 2.23. The van der Waals surface area contributed by atoms with Gasteiger partial charge in [-0.3, -0.25) is 19.3 Å². The summed E-state index contributed by atoms with van der Waals surface area (Å²) in [5, 5.41) is 16.2. The van der Waals surface area contributed by atoms with E-state index in [1.54, 1.807) is 21.7 Å². The predicted molar refractivity (Wildman–Crippen MR) is 104 cm³/mol. The van der Waals surface area contributed by atoms with Gasteiger partial charge in [0.15, 0.2) is 0 Å². The summed E-state index contributed by atoms with van der Waals surface area (Å²) in [6, 6.07) is 9.40. The van der Waals surface area contributed by atoms with Crippen molar-refractivity contribution in [3.8, 4) is 11.1 Å². The molecule has 8 nitrogen and oxygen atoms in total. The Labute approximate surface area is 161 Å². The Morgan fingerprint density at radius 2 is 2.18 bits per heavy atom. The molecule has 0 aromatic carbocycles. The molecule has 0 fully saturated rings. The number of fused-ring (bicyclic) bond motifs is 1. The van der Waals surface area contributed by atoms with E-state index in [4.69, 9.17) is 0 Å². The Hall–Kier alpha value is -3.52. The van der Waals surface area contributed by atoms with Crippen molar-refractivity contribution in [3.05, 3.63) is 72.2 Å². The lowest BCUT2D eigenvalue weighted by Gasteiger charge is -2.21. The number of hydrogen-bond donors (Lipinski definition) is 2. The topological polar surface area (TPSA) is 99.4 Å². The van der Waals surface area contributed by atoms with E-state index in [1.807, 2.05) is 49.6 Å². The van der Waals surface area contributed by atoms with Crippen LogP contribution >= 0.6 is 0 Å². The standard InChI is InChI=1S/C20H20N6O2/c1-14-19(20(28)25(8-9-27)13-17-4-2-3-6-21-17)26-7-5-15(10-18(26)24-14)16-11-22-23-12-16/h2-7,10-12,27H,8-9,13H2,1H3,(H,22,23). The van der Waals surface area contributed by atoms with Crippen molar-refractivity contribution in [1.82, 2.24) is 29.5 Å². The predicted octanol–water partition coefficient (Wildman–Crippen LogP) is 2.06. The minimum atomic E-state index is -0.194. The number of carbonyl (C=O) groups is 1. The van der Waals surface area contributed by atoms with E-state index < -0.39 is 0 Å². The van der Waals surface area contributed by atoms with Crippen molar-refractivity contribution >= 4 is 11.6 Å². The van der Waals surface area contributed by atoms with Gasteiger partial charge in [0, 0.05) is 30.7 Å². The fourth-order valence-electron chi connectivity index (χ4n) is 3.22. The number of rotatable bonds is 6.